The van der Waals surface area contributed by atoms with E-state index in [-0.39, 0.29) is 5.75 Å². The monoisotopic (exact) mass is 347 g/mol. The van der Waals surface area contributed by atoms with Crippen LogP contribution in [-0.4, -0.2) is 68.4 Å². The zero-order valence-electron chi connectivity index (χ0n) is 15.1. The zero-order valence-corrected chi connectivity index (χ0v) is 15.9. The van der Waals surface area contributed by atoms with Gasteiger partial charge < -0.3 is 14.7 Å². The van der Waals surface area contributed by atoms with Gasteiger partial charge in [0.15, 0.2) is 0 Å². The Morgan fingerprint density at radius 3 is 2.39 bits per heavy atom. The fraction of sp³-hybridized carbons (Fsp3) is 0.875. The van der Waals surface area contributed by atoms with Crippen LogP contribution in [0.4, 0.5) is 0 Å². The average Bonchev–Trinajstić information content (AvgIpc) is 2.85. The molecule has 0 spiro atoms. The van der Waals surface area contributed by atoms with Crippen LogP contribution in [0, 0.1) is 0 Å². The van der Waals surface area contributed by atoms with Gasteiger partial charge in [-0.2, -0.15) is 8.42 Å². The molecule has 0 aromatic rings. The maximum absolute atomic E-state index is 12.2. The van der Waals surface area contributed by atoms with Crippen molar-refractivity contribution in [1.82, 2.24) is 14.7 Å². The van der Waals surface area contributed by atoms with Crippen LogP contribution in [0.2, 0.25) is 0 Å². The van der Waals surface area contributed by atoms with Gasteiger partial charge in [0.2, 0.25) is 6.35 Å². The first-order chi connectivity index (χ1) is 10.9. The van der Waals surface area contributed by atoms with Gasteiger partial charge in [-0.3, -0.25) is 0 Å². The molecule has 0 aromatic carbocycles. The SMILES string of the molecule is CCCCN1C=CN(C)C1OS(=O)(=O)CCCCN(CC)CC. The third-order valence-corrected chi connectivity index (χ3v) is 5.40. The molecule has 0 amide bonds. The molecule has 0 N–H and O–H groups in total. The highest BCUT2D eigenvalue weighted by atomic mass is 32.2. The van der Waals surface area contributed by atoms with Gasteiger partial charge in [0.05, 0.1) is 5.75 Å². The van der Waals surface area contributed by atoms with E-state index in [0.717, 1.165) is 45.4 Å². The summed E-state index contributed by atoms with van der Waals surface area (Å²) in [4.78, 5) is 6.04. The van der Waals surface area contributed by atoms with Crippen molar-refractivity contribution in [3.8, 4) is 0 Å². The second-order valence-corrected chi connectivity index (χ2v) is 7.69. The molecule has 0 fully saturated rings. The maximum atomic E-state index is 12.2. The Morgan fingerprint density at radius 1 is 1.09 bits per heavy atom. The standard InChI is InChI=1S/C16H33N3O3S/c1-5-8-12-19-14-13-17(4)16(19)22-23(20,21)15-10-9-11-18(6-2)7-3/h13-14,16H,5-12,15H2,1-4H3. The Labute approximate surface area is 142 Å². The molecule has 1 rings (SSSR count). The van der Waals surface area contributed by atoms with E-state index in [1.165, 1.54) is 0 Å². The van der Waals surface area contributed by atoms with Gasteiger partial charge in [-0.1, -0.05) is 27.2 Å². The molecule has 0 bridgehead atoms. The number of hydrogen-bond acceptors (Lipinski definition) is 6. The smallest absolute Gasteiger partial charge is 0.270 e. The average molecular weight is 348 g/mol. The van der Waals surface area contributed by atoms with Gasteiger partial charge in [-0.05, 0) is 38.9 Å². The molecular formula is C16H33N3O3S. The van der Waals surface area contributed by atoms with E-state index in [4.69, 9.17) is 4.18 Å². The first-order valence-corrected chi connectivity index (χ1v) is 10.3. The summed E-state index contributed by atoms with van der Waals surface area (Å²) in [6, 6.07) is 0. The molecule has 0 saturated carbocycles. The van der Waals surface area contributed by atoms with E-state index in [1.54, 1.807) is 4.90 Å². The largest absolute Gasteiger partial charge is 0.336 e. The molecule has 1 aliphatic heterocycles. The highest BCUT2D eigenvalue weighted by molar-refractivity contribution is 7.86. The van der Waals surface area contributed by atoms with Crippen molar-refractivity contribution < 1.29 is 12.6 Å². The predicted molar refractivity (Wildman–Crippen MR) is 94.2 cm³/mol. The van der Waals surface area contributed by atoms with Crippen molar-refractivity contribution in [2.75, 3.05) is 39.0 Å². The minimum Gasteiger partial charge on any atom is -0.336 e. The fourth-order valence-electron chi connectivity index (χ4n) is 2.55. The van der Waals surface area contributed by atoms with Gasteiger partial charge in [0.1, 0.15) is 0 Å². The molecule has 0 saturated heterocycles. The normalized spacial score (nSPS) is 18.4. The summed E-state index contributed by atoms with van der Waals surface area (Å²) in [6.07, 6.45) is 6.82. The maximum Gasteiger partial charge on any atom is 0.270 e. The summed E-state index contributed by atoms with van der Waals surface area (Å²) in [5, 5.41) is 0. The second-order valence-electron chi connectivity index (χ2n) is 5.97. The summed E-state index contributed by atoms with van der Waals surface area (Å²) >= 11 is 0. The Morgan fingerprint density at radius 2 is 1.78 bits per heavy atom. The highest BCUT2D eigenvalue weighted by Crippen LogP contribution is 2.18. The lowest BCUT2D eigenvalue weighted by molar-refractivity contribution is -0.00885. The molecule has 1 unspecified atom stereocenters. The molecule has 1 heterocycles. The molecule has 1 aliphatic rings. The van der Waals surface area contributed by atoms with Gasteiger partial charge in [-0.15, -0.1) is 0 Å². The molecular weight excluding hydrogens is 314 g/mol. The molecule has 0 aromatic heterocycles. The highest BCUT2D eigenvalue weighted by Gasteiger charge is 2.29. The van der Waals surface area contributed by atoms with Crippen LogP contribution >= 0.6 is 0 Å². The van der Waals surface area contributed by atoms with Crippen LogP contribution in [-0.2, 0) is 14.3 Å². The van der Waals surface area contributed by atoms with E-state index >= 15 is 0 Å². The Bertz CT molecular complexity index is 449. The molecule has 6 nitrogen and oxygen atoms in total. The lowest BCUT2D eigenvalue weighted by atomic mass is 10.3. The van der Waals surface area contributed by atoms with Crippen LogP contribution in [0.5, 0.6) is 0 Å². The summed E-state index contributed by atoms with van der Waals surface area (Å²) in [6.45, 7) is 10.1. The molecule has 1 atom stereocenters. The molecule has 23 heavy (non-hydrogen) atoms. The topological polar surface area (TPSA) is 53.1 Å². The molecule has 0 radical (unpaired) electrons. The second kappa shape index (κ2) is 10.2. The van der Waals surface area contributed by atoms with E-state index in [2.05, 4.69) is 25.7 Å². The Balaban J connectivity index is 2.41. The lowest BCUT2D eigenvalue weighted by Gasteiger charge is -2.29. The fourth-order valence-corrected chi connectivity index (χ4v) is 3.72. The molecule has 7 heteroatoms. The van der Waals surface area contributed by atoms with Crippen molar-refractivity contribution in [3.05, 3.63) is 12.4 Å². The minimum absolute atomic E-state index is 0.0836. The summed E-state index contributed by atoms with van der Waals surface area (Å²) in [7, 11) is -1.67. The van der Waals surface area contributed by atoms with E-state index in [1.807, 2.05) is 24.3 Å². The van der Waals surface area contributed by atoms with Crippen LogP contribution in [0.15, 0.2) is 12.4 Å². The van der Waals surface area contributed by atoms with E-state index < -0.39 is 16.5 Å². The first-order valence-electron chi connectivity index (χ1n) is 8.72. The Hall–Kier alpha value is -0.790. The third kappa shape index (κ3) is 7.10. The van der Waals surface area contributed by atoms with Crippen LogP contribution in [0.3, 0.4) is 0 Å². The van der Waals surface area contributed by atoms with Crippen molar-refractivity contribution >= 4 is 10.1 Å². The van der Waals surface area contributed by atoms with Crippen molar-refractivity contribution in [1.29, 1.82) is 0 Å². The Kier molecular flexibility index (Phi) is 8.94. The number of unbranched alkanes of at least 4 members (excludes halogenated alkanes) is 2. The van der Waals surface area contributed by atoms with Crippen molar-refractivity contribution in [2.45, 2.75) is 52.8 Å². The lowest BCUT2D eigenvalue weighted by Crippen LogP contribution is -2.41. The summed E-state index contributed by atoms with van der Waals surface area (Å²) in [5.41, 5.74) is 0. The van der Waals surface area contributed by atoms with E-state index in [9.17, 15) is 8.42 Å². The quantitative estimate of drug-likeness (QED) is 0.399. The molecule has 136 valence electrons. The van der Waals surface area contributed by atoms with E-state index in [0.29, 0.717) is 6.42 Å². The van der Waals surface area contributed by atoms with Crippen LogP contribution in [0.1, 0.15) is 46.5 Å². The minimum atomic E-state index is -3.51. The predicted octanol–water partition coefficient (Wildman–Crippen LogP) is 2.26. The van der Waals surface area contributed by atoms with Crippen molar-refractivity contribution in [2.24, 2.45) is 0 Å². The number of rotatable bonds is 12. The van der Waals surface area contributed by atoms with Gasteiger partial charge in [0.25, 0.3) is 10.1 Å². The first kappa shape index (κ1) is 20.3. The van der Waals surface area contributed by atoms with Crippen molar-refractivity contribution in [3.63, 3.8) is 0 Å². The van der Waals surface area contributed by atoms with Gasteiger partial charge >= 0.3 is 0 Å². The zero-order chi connectivity index (χ0) is 17.3. The molecule has 0 aliphatic carbocycles. The summed E-state index contributed by atoms with van der Waals surface area (Å²) in [5.74, 6) is 0.0836. The van der Waals surface area contributed by atoms with Crippen LogP contribution < -0.4 is 0 Å². The number of hydrogen-bond donors (Lipinski definition) is 0. The van der Waals surface area contributed by atoms with Gasteiger partial charge in [0, 0.05) is 26.0 Å². The van der Waals surface area contributed by atoms with Gasteiger partial charge in [-0.25, -0.2) is 4.18 Å². The summed E-state index contributed by atoms with van der Waals surface area (Å²) < 4.78 is 29.9. The number of nitrogens with zero attached hydrogens (tertiary/aromatic N) is 3. The third-order valence-electron chi connectivity index (χ3n) is 4.14. The van der Waals surface area contributed by atoms with Crippen LogP contribution in [0.25, 0.3) is 0 Å².